The van der Waals surface area contributed by atoms with Crippen molar-refractivity contribution in [2.45, 2.75) is 39.0 Å². The maximum Gasteiger partial charge on any atom is 0.129 e. The minimum absolute atomic E-state index is 0.669. The van der Waals surface area contributed by atoms with Gasteiger partial charge in [-0.2, -0.15) is 0 Å². The van der Waals surface area contributed by atoms with Gasteiger partial charge >= 0.3 is 0 Å². The lowest BCUT2D eigenvalue weighted by atomic mass is 10.1. The van der Waals surface area contributed by atoms with E-state index in [1.54, 1.807) is 0 Å². The zero-order valence-corrected chi connectivity index (χ0v) is 14.8. The zero-order chi connectivity index (χ0) is 16.3. The molecule has 0 N–H and O–H groups in total. The number of allylic oxidation sites excluding steroid dienone is 1. The van der Waals surface area contributed by atoms with Gasteiger partial charge in [0.05, 0.1) is 5.71 Å². The Morgan fingerprint density at radius 2 is 1.96 bits per heavy atom. The molecule has 2 rings (SSSR count). The minimum Gasteiger partial charge on any atom is -0.394 e. The zero-order valence-electron chi connectivity index (χ0n) is 14.0. The second-order valence-corrected chi connectivity index (χ2v) is 6.39. The van der Waals surface area contributed by atoms with Crippen molar-refractivity contribution < 1.29 is 4.84 Å². The lowest BCUT2D eigenvalue weighted by Gasteiger charge is -2.25. The molecule has 0 radical (unpaired) electrons. The Morgan fingerprint density at radius 1 is 1.22 bits per heavy atom. The standard InChI is InChI=1S/C19H27ClN2O/c1-2-6-19(12-9-17-7-10-18(20)11-8-17)21-23-16-15-22-13-4-3-5-14-22/h7-12H,2-6,13-16H2,1H3/b12-9+,21-19+. The van der Waals surface area contributed by atoms with E-state index in [1.807, 2.05) is 30.3 Å². The van der Waals surface area contributed by atoms with E-state index in [9.17, 15) is 0 Å². The van der Waals surface area contributed by atoms with Crippen molar-refractivity contribution in [3.05, 3.63) is 40.9 Å². The van der Waals surface area contributed by atoms with Gasteiger partial charge in [0.1, 0.15) is 6.61 Å². The molecule has 0 spiro atoms. The largest absolute Gasteiger partial charge is 0.394 e. The van der Waals surface area contributed by atoms with Gasteiger partial charge in [0.25, 0.3) is 0 Å². The van der Waals surface area contributed by atoms with Gasteiger partial charge < -0.3 is 4.84 Å². The van der Waals surface area contributed by atoms with Crippen LogP contribution < -0.4 is 0 Å². The normalized spacial score (nSPS) is 16.9. The summed E-state index contributed by atoms with van der Waals surface area (Å²) in [4.78, 5) is 7.99. The van der Waals surface area contributed by atoms with Gasteiger partial charge in [-0.3, -0.25) is 4.90 Å². The van der Waals surface area contributed by atoms with Gasteiger partial charge in [0.2, 0.25) is 0 Å². The summed E-state index contributed by atoms with van der Waals surface area (Å²) in [5, 5.41) is 5.06. The van der Waals surface area contributed by atoms with Gasteiger partial charge in [0.15, 0.2) is 0 Å². The number of hydrogen-bond donors (Lipinski definition) is 0. The summed E-state index contributed by atoms with van der Waals surface area (Å²) in [6.07, 6.45) is 10.1. The lowest BCUT2D eigenvalue weighted by molar-refractivity contribution is 0.102. The van der Waals surface area contributed by atoms with Crippen LogP contribution in [0.4, 0.5) is 0 Å². The summed E-state index contributed by atoms with van der Waals surface area (Å²) in [6, 6.07) is 7.79. The highest BCUT2D eigenvalue weighted by molar-refractivity contribution is 6.30. The Labute approximate surface area is 145 Å². The Morgan fingerprint density at radius 3 is 2.65 bits per heavy atom. The molecule has 0 aromatic heterocycles. The van der Waals surface area contributed by atoms with E-state index in [0.717, 1.165) is 35.7 Å². The van der Waals surface area contributed by atoms with Crippen molar-refractivity contribution in [1.29, 1.82) is 0 Å². The summed E-state index contributed by atoms with van der Waals surface area (Å²) in [6.45, 7) is 6.20. The first-order valence-electron chi connectivity index (χ1n) is 8.63. The second kappa shape index (κ2) is 10.5. The van der Waals surface area contributed by atoms with Crippen molar-refractivity contribution in [3.63, 3.8) is 0 Å². The molecule has 4 heteroatoms. The van der Waals surface area contributed by atoms with Crippen LogP contribution >= 0.6 is 11.6 Å². The van der Waals surface area contributed by atoms with E-state index in [2.05, 4.69) is 23.1 Å². The highest BCUT2D eigenvalue weighted by Crippen LogP contribution is 2.11. The molecule has 1 fully saturated rings. The van der Waals surface area contributed by atoms with Gasteiger partial charge in [0, 0.05) is 11.6 Å². The molecule has 0 bridgehead atoms. The predicted molar refractivity (Wildman–Crippen MR) is 99.1 cm³/mol. The third-order valence-electron chi connectivity index (χ3n) is 3.97. The summed E-state index contributed by atoms with van der Waals surface area (Å²) in [7, 11) is 0. The number of rotatable bonds is 8. The first-order valence-corrected chi connectivity index (χ1v) is 9.00. The lowest BCUT2D eigenvalue weighted by Crippen LogP contribution is -2.32. The van der Waals surface area contributed by atoms with Crippen LogP contribution in [-0.4, -0.2) is 36.9 Å². The fourth-order valence-electron chi connectivity index (χ4n) is 2.66. The van der Waals surface area contributed by atoms with Gasteiger partial charge in [-0.15, -0.1) is 0 Å². The molecular formula is C19H27ClN2O. The molecule has 0 atom stereocenters. The molecule has 1 saturated heterocycles. The van der Waals surface area contributed by atoms with Crippen molar-refractivity contribution in [2.75, 3.05) is 26.2 Å². The van der Waals surface area contributed by atoms with Gasteiger partial charge in [-0.25, -0.2) is 0 Å². The molecule has 126 valence electrons. The molecule has 0 amide bonds. The molecule has 0 aliphatic carbocycles. The third-order valence-corrected chi connectivity index (χ3v) is 4.23. The average Bonchev–Trinajstić information content (AvgIpc) is 2.59. The Balaban J connectivity index is 1.80. The smallest absolute Gasteiger partial charge is 0.129 e. The van der Waals surface area contributed by atoms with Crippen LogP contribution in [0.2, 0.25) is 5.02 Å². The average molecular weight is 335 g/mol. The highest BCUT2D eigenvalue weighted by atomic mass is 35.5. The van der Waals surface area contributed by atoms with Crippen LogP contribution in [0.25, 0.3) is 6.08 Å². The monoisotopic (exact) mass is 334 g/mol. The van der Waals surface area contributed by atoms with E-state index in [1.165, 1.54) is 32.4 Å². The second-order valence-electron chi connectivity index (χ2n) is 5.95. The van der Waals surface area contributed by atoms with E-state index < -0.39 is 0 Å². The first-order chi connectivity index (χ1) is 11.3. The number of oxime groups is 1. The first kappa shape index (κ1) is 18.0. The summed E-state index contributed by atoms with van der Waals surface area (Å²) in [5.41, 5.74) is 2.10. The maximum atomic E-state index is 5.90. The van der Waals surface area contributed by atoms with Crippen molar-refractivity contribution >= 4 is 23.4 Å². The SMILES string of the molecule is CCCC(/C=C/c1ccc(Cl)cc1)=N\OCCN1CCCCC1. The Hall–Kier alpha value is -1.32. The highest BCUT2D eigenvalue weighted by Gasteiger charge is 2.09. The number of halogens is 1. The Kier molecular flexibility index (Phi) is 8.19. The molecule has 1 aliphatic heterocycles. The number of hydrogen-bond acceptors (Lipinski definition) is 3. The van der Waals surface area contributed by atoms with E-state index in [4.69, 9.17) is 16.4 Å². The van der Waals surface area contributed by atoms with Crippen molar-refractivity contribution in [2.24, 2.45) is 5.16 Å². The van der Waals surface area contributed by atoms with Gasteiger partial charge in [-0.05, 0) is 56.1 Å². The molecule has 1 aromatic carbocycles. The molecule has 1 heterocycles. The van der Waals surface area contributed by atoms with Crippen LogP contribution in [0.15, 0.2) is 35.5 Å². The number of piperidine rings is 1. The topological polar surface area (TPSA) is 24.8 Å². The molecule has 1 aromatic rings. The Bertz CT molecular complexity index is 505. The van der Waals surface area contributed by atoms with Gasteiger partial charge in [-0.1, -0.05) is 54.7 Å². The van der Waals surface area contributed by atoms with Crippen molar-refractivity contribution in [1.82, 2.24) is 4.90 Å². The number of nitrogens with zero attached hydrogens (tertiary/aromatic N) is 2. The summed E-state index contributed by atoms with van der Waals surface area (Å²) < 4.78 is 0. The van der Waals surface area contributed by atoms with E-state index >= 15 is 0 Å². The predicted octanol–water partition coefficient (Wildman–Crippen LogP) is 5.01. The van der Waals surface area contributed by atoms with E-state index in [-0.39, 0.29) is 0 Å². The van der Waals surface area contributed by atoms with Crippen LogP contribution in [0.3, 0.4) is 0 Å². The molecule has 0 unspecified atom stereocenters. The molecular weight excluding hydrogens is 308 g/mol. The molecule has 23 heavy (non-hydrogen) atoms. The van der Waals surface area contributed by atoms with Crippen LogP contribution in [0.1, 0.15) is 44.6 Å². The van der Waals surface area contributed by atoms with Crippen molar-refractivity contribution in [3.8, 4) is 0 Å². The fraction of sp³-hybridized carbons (Fsp3) is 0.526. The number of likely N-dealkylation sites (tertiary alicyclic amines) is 1. The van der Waals surface area contributed by atoms with E-state index in [0.29, 0.717) is 6.61 Å². The summed E-state index contributed by atoms with van der Waals surface area (Å²) >= 11 is 5.90. The maximum absolute atomic E-state index is 5.90. The number of benzene rings is 1. The quantitative estimate of drug-likeness (QED) is 0.379. The fourth-order valence-corrected chi connectivity index (χ4v) is 2.79. The third kappa shape index (κ3) is 7.19. The van der Waals surface area contributed by atoms with Crippen LogP contribution in [-0.2, 0) is 4.84 Å². The van der Waals surface area contributed by atoms with Crippen LogP contribution in [0.5, 0.6) is 0 Å². The molecule has 0 saturated carbocycles. The molecule has 1 aliphatic rings. The van der Waals surface area contributed by atoms with Crippen LogP contribution in [0, 0.1) is 0 Å². The summed E-state index contributed by atoms with van der Waals surface area (Å²) in [5.74, 6) is 0. The minimum atomic E-state index is 0.669. The molecule has 3 nitrogen and oxygen atoms in total.